The largest absolute Gasteiger partial charge is 0.380 e. The molecule has 96 valence electrons. The molecule has 0 bridgehead atoms. The number of aryl methyl sites for hydroxylation is 1. The van der Waals surface area contributed by atoms with Crippen LogP contribution < -0.4 is 5.73 Å². The van der Waals surface area contributed by atoms with Gasteiger partial charge in [-0.25, -0.2) is 4.79 Å². The first kappa shape index (κ1) is 12.8. The molecule has 2 N–H and O–H groups in total. The van der Waals surface area contributed by atoms with E-state index in [9.17, 15) is 4.79 Å². The number of nitrogens with two attached hydrogens (primary N) is 1. The quantitative estimate of drug-likeness (QED) is 0.396. The maximum atomic E-state index is 11.7. The molecule has 4 heteroatoms. The summed E-state index contributed by atoms with van der Waals surface area (Å²) in [5, 5.41) is 3.64. The van der Waals surface area contributed by atoms with Gasteiger partial charge in [0.2, 0.25) is 0 Å². The van der Waals surface area contributed by atoms with Gasteiger partial charge in [-0.3, -0.25) is 0 Å². The van der Waals surface area contributed by atoms with E-state index in [2.05, 4.69) is 5.16 Å². The number of amidine groups is 1. The van der Waals surface area contributed by atoms with E-state index >= 15 is 0 Å². The number of oxime groups is 1. The first-order valence-electron chi connectivity index (χ1n) is 5.84. The molecule has 0 aliphatic rings. The second-order valence-electron chi connectivity index (χ2n) is 4.09. The second kappa shape index (κ2) is 5.82. The number of benzene rings is 2. The average molecular weight is 254 g/mol. The fourth-order valence-electron chi connectivity index (χ4n) is 1.49. The molecule has 0 aliphatic heterocycles. The molecule has 0 amide bonds. The molecule has 19 heavy (non-hydrogen) atoms. The Morgan fingerprint density at radius 3 is 2.26 bits per heavy atom. The number of carbonyl (C=O) groups excluding carboxylic acids is 1. The van der Waals surface area contributed by atoms with E-state index < -0.39 is 5.97 Å². The van der Waals surface area contributed by atoms with Crippen LogP contribution in [-0.2, 0) is 4.84 Å². The van der Waals surface area contributed by atoms with Crippen LogP contribution in [0.3, 0.4) is 0 Å². The van der Waals surface area contributed by atoms with E-state index in [0.29, 0.717) is 11.1 Å². The number of hydrogen-bond acceptors (Lipinski definition) is 3. The molecule has 0 aliphatic carbocycles. The minimum Gasteiger partial charge on any atom is -0.380 e. The van der Waals surface area contributed by atoms with Crippen molar-refractivity contribution in [1.29, 1.82) is 0 Å². The van der Waals surface area contributed by atoms with Crippen molar-refractivity contribution >= 4 is 11.8 Å². The minimum atomic E-state index is -0.529. The van der Waals surface area contributed by atoms with Crippen molar-refractivity contribution in [3.05, 3.63) is 71.3 Å². The van der Waals surface area contributed by atoms with Gasteiger partial charge >= 0.3 is 5.97 Å². The molecular weight excluding hydrogens is 240 g/mol. The summed E-state index contributed by atoms with van der Waals surface area (Å²) in [4.78, 5) is 16.5. The molecule has 0 saturated carbocycles. The summed E-state index contributed by atoms with van der Waals surface area (Å²) < 4.78 is 0. The van der Waals surface area contributed by atoms with Crippen molar-refractivity contribution < 1.29 is 9.63 Å². The molecule has 0 unspecified atom stereocenters. The van der Waals surface area contributed by atoms with Gasteiger partial charge in [0.05, 0.1) is 5.56 Å². The normalized spacial score (nSPS) is 11.1. The smallest absolute Gasteiger partial charge is 0.365 e. The van der Waals surface area contributed by atoms with Crippen molar-refractivity contribution in [3.63, 3.8) is 0 Å². The van der Waals surface area contributed by atoms with Crippen LogP contribution in [0.4, 0.5) is 0 Å². The summed E-state index contributed by atoms with van der Waals surface area (Å²) in [5.74, 6) is -0.361. The van der Waals surface area contributed by atoms with Crippen LogP contribution in [0.5, 0.6) is 0 Å². The molecular formula is C15H14N2O2. The Morgan fingerprint density at radius 2 is 1.63 bits per heavy atom. The Kier molecular flexibility index (Phi) is 3.93. The highest BCUT2D eigenvalue weighted by Gasteiger charge is 2.07. The molecule has 2 aromatic carbocycles. The topological polar surface area (TPSA) is 64.7 Å². The lowest BCUT2D eigenvalue weighted by atomic mass is 10.2. The van der Waals surface area contributed by atoms with Crippen LogP contribution >= 0.6 is 0 Å². The summed E-state index contributed by atoms with van der Waals surface area (Å²) in [6.45, 7) is 1.95. The Hall–Kier alpha value is -2.62. The molecule has 2 rings (SSSR count). The Morgan fingerprint density at radius 1 is 1.00 bits per heavy atom. The minimum absolute atomic E-state index is 0.168. The van der Waals surface area contributed by atoms with Crippen molar-refractivity contribution in [2.45, 2.75) is 6.92 Å². The van der Waals surface area contributed by atoms with Crippen molar-refractivity contribution in [3.8, 4) is 0 Å². The predicted octanol–water partition coefficient (Wildman–Crippen LogP) is 2.47. The Balaban J connectivity index is 2.06. The summed E-state index contributed by atoms with van der Waals surface area (Å²) in [6, 6.07) is 16.2. The molecule has 0 radical (unpaired) electrons. The van der Waals surface area contributed by atoms with Crippen molar-refractivity contribution in [2.24, 2.45) is 10.9 Å². The maximum Gasteiger partial charge on any atom is 0.365 e. The third-order valence-corrected chi connectivity index (χ3v) is 2.58. The lowest BCUT2D eigenvalue weighted by molar-refractivity contribution is 0.0516. The van der Waals surface area contributed by atoms with Crippen LogP contribution in [0.15, 0.2) is 59.8 Å². The summed E-state index contributed by atoms with van der Waals surface area (Å²) >= 11 is 0. The van der Waals surface area contributed by atoms with E-state index in [0.717, 1.165) is 5.56 Å². The first-order valence-corrected chi connectivity index (χ1v) is 5.84. The SMILES string of the molecule is Cc1ccc(C(=O)ON=C(N)c2ccccc2)cc1. The van der Waals surface area contributed by atoms with Gasteiger partial charge in [0.15, 0.2) is 5.84 Å². The predicted molar refractivity (Wildman–Crippen MR) is 73.8 cm³/mol. The van der Waals surface area contributed by atoms with Gasteiger partial charge in [0, 0.05) is 5.56 Å². The number of rotatable bonds is 3. The maximum absolute atomic E-state index is 11.7. The zero-order chi connectivity index (χ0) is 13.7. The molecule has 0 aromatic heterocycles. The molecule has 0 fully saturated rings. The third kappa shape index (κ3) is 3.42. The van der Waals surface area contributed by atoms with E-state index in [1.54, 1.807) is 24.3 Å². The van der Waals surface area contributed by atoms with Crippen LogP contribution in [0.25, 0.3) is 0 Å². The van der Waals surface area contributed by atoms with Gasteiger partial charge in [-0.05, 0) is 19.1 Å². The van der Waals surface area contributed by atoms with E-state index in [1.165, 1.54) is 0 Å². The van der Waals surface area contributed by atoms with Gasteiger partial charge in [0.1, 0.15) is 0 Å². The van der Waals surface area contributed by atoms with Crippen LogP contribution in [-0.4, -0.2) is 11.8 Å². The monoisotopic (exact) mass is 254 g/mol. The number of hydrogen-bond donors (Lipinski definition) is 1. The summed E-state index contributed by atoms with van der Waals surface area (Å²) in [6.07, 6.45) is 0. The average Bonchev–Trinajstić information content (AvgIpc) is 2.46. The lowest BCUT2D eigenvalue weighted by Crippen LogP contribution is -2.15. The van der Waals surface area contributed by atoms with Crippen LogP contribution in [0, 0.1) is 6.92 Å². The van der Waals surface area contributed by atoms with Crippen molar-refractivity contribution in [2.75, 3.05) is 0 Å². The standard InChI is InChI=1S/C15H14N2O2/c1-11-7-9-13(10-8-11)15(18)19-17-14(16)12-5-3-2-4-6-12/h2-10H,1H3,(H2,16,17). The zero-order valence-corrected chi connectivity index (χ0v) is 10.5. The van der Waals surface area contributed by atoms with E-state index in [4.69, 9.17) is 10.6 Å². The fourth-order valence-corrected chi connectivity index (χ4v) is 1.49. The van der Waals surface area contributed by atoms with Crippen LogP contribution in [0.1, 0.15) is 21.5 Å². The van der Waals surface area contributed by atoms with Gasteiger partial charge in [-0.2, -0.15) is 0 Å². The first-order chi connectivity index (χ1) is 9.16. The molecule has 2 aromatic rings. The highest BCUT2D eigenvalue weighted by molar-refractivity contribution is 5.98. The zero-order valence-electron chi connectivity index (χ0n) is 10.5. The summed E-state index contributed by atoms with van der Waals surface area (Å²) in [7, 11) is 0. The van der Waals surface area contributed by atoms with E-state index in [-0.39, 0.29) is 5.84 Å². The molecule has 4 nitrogen and oxygen atoms in total. The lowest BCUT2D eigenvalue weighted by Gasteiger charge is -2.01. The van der Waals surface area contributed by atoms with Gasteiger partial charge < -0.3 is 10.6 Å². The molecule has 0 atom stereocenters. The fraction of sp³-hybridized carbons (Fsp3) is 0.0667. The van der Waals surface area contributed by atoms with E-state index in [1.807, 2.05) is 37.3 Å². The third-order valence-electron chi connectivity index (χ3n) is 2.58. The highest BCUT2D eigenvalue weighted by Crippen LogP contribution is 2.05. The van der Waals surface area contributed by atoms with Crippen molar-refractivity contribution in [1.82, 2.24) is 0 Å². The second-order valence-corrected chi connectivity index (χ2v) is 4.09. The Bertz CT molecular complexity index is 589. The number of nitrogens with zero attached hydrogens (tertiary/aromatic N) is 1. The van der Waals surface area contributed by atoms with Gasteiger partial charge in [-0.15, -0.1) is 0 Å². The highest BCUT2D eigenvalue weighted by atomic mass is 16.7. The molecule has 0 saturated heterocycles. The van der Waals surface area contributed by atoms with Gasteiger partial charge in [0.25, 0.3) is 0 Å². The Labute approximate surface area is 111 Å². The van der Waals surface area contributed by atoms with Gasteiger partial charge in [-0.1, -0.05) is 53.2 Å². The molecule has 0 heterocycles. The number of carbonyl (C=O) groups is 1. The van der Waals surface area contributed by atoms with Crippen LogP contribution in [0.2, 0.25) is 0 Å². The summed E-state index contributed by atoms with van der Waals surface area (Å²) in [5.41, 5.74) is 7.94. The molecule has 0 spiro atoms.